The highest BCUT2D eigenvalue weighted by Crippen LogP contribution is 2.42. The van der Waals surface area contributed by atoms with E-state index in [9.17, 15) is 9.90 Å². The third-order valence-electron chi connectivity index (χ3n) is 9.10. The highest BCUT2D eigenvalue weighted by Gasteiger charge is 2.44. The predicted octanol–water partition coefficient (Wildman–Crippen LogP) is 3.81. The van der Waals surface area contributed by atoms with Gasteiger partial charge in [-0.25, -0.2) is 19.3 Å². The molecule has 0 radical (unpaired) electrons. The van der Waals surface area contributed by atoms with Crippen LogP contribution in [-0.4, -0.2) is 67.0 Å². The molecule has 212 valence electrons. The van der Waals surface area contributed by atoms with E-state index in [-0.39, 0.29) is 12.1 Å². The molecule has 2 fully saturated rings. The Kier molecular flexibility index (Phi) is 6.39. The van der Waals surface area contributed by atoms with E-state index in [1.807, 2.05) is 24.3 Å². The second kappa shape index (κ2) is 10.1. The molecule has 5 heterocycles. The number of aliphatic hydroxyl groups excluding tert-OH is 1. The number of hydrogen-bond donors (Lipinski definition) is 2. The molecule has 1 aliphatic carbocycles. The number of nitrogens with one attached hydrogen (secondary N) is 1. The molecule has 1 atom stereocenters. The van der Waals surface area contributed by atoms with E-state index < -0.39 is 6.10 Å². The molecule has 0 saturated carbocycles. The van der Waals surface area contributed by atoms with E-state index in [4.69, 9.17) is 9.97 Å². The summed E-state index contributed by atoms with van der Waals surface area (Å²) in [5.74, 6) is 0.918. The number of piperidine rings is 1. The van der Waals surface area contributed by atoms with Gasteiger partial charge >= 0.3 is 0 Å². The fraction of sp³-hybridized carbons (Fsp3) is 0.419. The summed E-state index contributed by atoms with van der Waals surface area (Å²) in [6.07, 6.45) is 6.65. The van der Waals surface area contributed by atoms with Crippen molar-refractivity contribution >= 4 is 28.4 Å². The molecule has 7 rings (SSSR count). The number of nitrogens with zero attached hydrogens (tertiary/aromatic N) is 7. The van der Waals surface area contributed by atoms with Crippen molar-refractivity contribution in [1.82, 2.24) is 29.2 Å². The average molecular weight is 553 g/mol. The van der Waals surface area contributed by atoms with Crippen LogP contribution in [0.3, 0.4) is 0 Å². The van der Waals surface area contributed by atoms with Crippen LogP contribution in [0.4, 0.5) is 17.3 Å². The summed E-state index contributed by atoms with van der Waals surface area (Å²) in [5, 5.41) is 14.1. The lowest BCUT2D eigenvalue weighted by Gasteiger charge is -2.55. The smallest absolute Gasteiger partial charge is 0.278 e. The molecule has 4 aromatic rings. The number of fused-ring (bicyclic) bond motifs is 2. The maximum Gasteiger partial charge on any atom is 0.278 e. The number of benzene rings is 1. The molecular weight excluding hydrogens is 516 g/mol. The zero-order valence-electron chi connectivity index (χ0n) is 23.5. The quantitative estimate of drug-likeness (QED) is 0.334. The Hall–Kier alpha value is -4.02. The minimum atomic E-state index is -0.600. The molecule has 0 bridgehead atoms. The topological polar surface area (TPSA) is 104 Å². The molecule has 0 amide bonds. The summed E-state index contributed by atoms with van der Waals surface area (Å²) in [4.78, 5) is 32.2. The van der Waals surface area contributed by atoms with Crippen LogP contribution in [0.1, 0.15) is 43.5 Å². The van der Waals surface area contributed by atoms with Gasteiger partial charge in [-0.1, -0.05) is 19.1 Å². The van der Waals surface area contributed by atoms with Gasteiger partial charge in [0.05, 0.1) is 18.3 Å². The molecule has 1 unspecified atom stereocenters. The van der Waals surface area contributed by atoms with Gasteiger partial charge in [0.25, 0.3) is 5.56 Å². The van der Waals surface area contributed by atoms with E-state index in [0.717, 1.165) is 37.3 Å². The molecule has 41 heavy (non-hydrogen) atoms. The third kappa shape index (κ3) is 4.51. The van der Waals surface area contributed by atoms with Gasteiger partial charge in [0.1, 0.15) is 5.39 Å². The monoisotopic (exact) mass is 552 g/mol. The molecule has 10 heteroatoms. The van der Waals surface area contributed by atoms with Crippen LogP contribution in [0.25, 0.3) is 16.9 Å². The van der Waals surface area contributed by atoms with Crippen LogP contribution < -0.4 is 15.8 Å². The summed E-state index contributed by atoms with van der Waals surface area (Å²) >= 11 is 0. The molecule has 1 spiro atoms. The number of rotatable bonds is 7. The largest absolute Gasteiger partial charge is 0.387 e. The second-order valence-corrected chi connectivity index (χ2v) is 11.6. The normalized spacial score (nSPS) is 19.9. The molecule has 3 aliphatic rings. The number of likely N-dealkylation sites (tertiary alicyclic amines) is 1. The average Bonchev–Trinajstić information content (AvgIpc) is 3.48. The third-order valence-corrected chi connectivity index (χ3v) is 9.10. The number of hydrogen-bond acceptors (Lipinski definition) is 8. The van der Waals surface area contributed by atoms with Crippen molar-refractivity contribution in [3.63, 3.8) is 0 Å². The molecule has 10 nitrogen and oxygen atoms in total. The van der Waals surface area contributed by atoms with Crippen molar-refractivity contribution < 1.29 is 5.11 Å². The van der Waals surface area contributed by atoms with Crippen molar-refractivity contribution in [2.75, 3.05) is 42.9 Å². The van der Waals surface area contributed by atoms with Crippen molar-refractivity contribution in [3.8, 4) is 5.82 Å². The molecular formula is C31H36N8O2. The number of aromatic nitrogens is 5. The first-order valence-corrected chi connectivity index (χ1v) is 14.6. The minimum absolute atomic E-state index is 0.216. The number of allylic oxidation sites excluding steroid dienone is 1. The van der Waals surface area contributed by atoms with Crippen molar-refractivity contribution in [3.05, 3.63) is 76.9 Å². The lowest BCUT2D eigenvalue weighted by Crippen LogP contribution is -2.60. The SMILES string of the molecule is C=CCn1c(=O)c2cnc(Nc3ccc(N4CC5(CCN(CC)CC5)C4)cc3)nc2n1-c1ccc2c(n1)C(O)CC2. The predicted molar refractivity (Wildman–Crippen MR) is 160 cm³/mol. The van der Waals surface area contributed by atoms with E-state index in [2.05, 4.69) is 45.7 Å². The van der Waals surface area contributed by atoms with E-state index in [0.29, 0.717) is 40.3 Å². The second-order valence-electron chi connectivity index (χ2n) is 11.6. The lowest BCUT2D eigenvalue weighted by atomic mass is 9.72. The molecule has 2 aliphatic heterocycles. The first kappa shape index (κ1) is 25.9. The van der Waals surface area contributed by atoms with Gasteiger partial charge in [0.15, 0.2) is 11.5 Å². The minimum Gasteiger partial charge on any atom is -0.387 e. The van der Waals surface area contributed by atoms with E-state index in [1.165, 1.54) is 31.6 Å². The summed E-state index contributed by atoms with van der Waals surface area (Å²) in [6, 6.07) is 12.2. The van der Waals surface area contributed by atoms with Crippen LogP contribution in [0.15, 0.2) is 60.0 Å². The zero-order valence-corrected chi connectivity index (χ0v) is 23.5. The highest BCUT2D eigenvalue weighted by atomic mass is 16.3. The summed E-state index contributed by atoms with van der Waals surface area (Å²) in [5.41, 5.74) is 4.51. The highest BCUT2D eigenvalue weighted by molar-refractivity contribution is 5.77. The number of anilines is 3. The van der Waals surface area contributed by atoms with Gasteiger partial charge in [-0.3, -0.25) is 4.79 Å². The Bertz CT molecular complexity index is 1660. The summed E-state index contributed by atoms with van der Waals surface area (Å²) in [6.45, 7) is 12.2. The zero-order chi connectivity index (χ0) is 28.1. The molecule has 1 aromatic carbocycles. The Labute approximate surface area is 238 Å². The number of aryl methyl sites for hydroxylation is 1. The first-order chi connectivity index (χ1) is 20.0. The Balaban J connectivity index is 1.13. The van der Waals surface area contributed by atoms with Gasteiger partial charge in [0.2, 0.25) is 5.95 Å². The number of aliphatic hydroxyl groups is 1. The Morgan fingerprint density at radius 3 is 2.63 bits per heavy atom. The maximum absolute atomic E-state index is 13.3. The van der Waals surface area contributed by atoms with E-state index in [1.54, 1.807) is 21.6 Å². The first-order valence-electron chi connectivity index (χ1n) is 14.6. The van der Waals surface area contributed by atoms with Crippen LogP contribution in [0.5, 0.6) is 0 Å². The van der Waals surface area contributed by atoms with Crippen LogP contribution in [-0.2, 0) is 13.0 Å². The van der Waals surface area contributed by atoms with Crippen molar-refractivity contribution in [1.29, 1.82) is 0 Å². The fourth-order valence-corrected chi connectivity index (χ4v) is 6.64. The van der Waals surface area contributed by atoms with Crippen molar-refractivity contribution in [2.45, 2.75) is 45.3 Å². The fourth-order valence-electron chi connectivity index (χ4n) is 6.64. The molecule has 2 N–H and O–H groups in total. The maximum atomic E-state index is 13.3. The van der Waals surface area contributed by atoms with Gasteiger partial charge < -0.3 is 20.2 Å². The van der Waals surface area contributed by atoms with Crippen molar-refractivity contribution in [2.24, 2.45) is 5.41 Å². The van der Waals surface area contributed by atoms with Gasteiger partial charge in [-0.2, -0.15) is 4.98 Å². The van der Waals surface area contributed by atoms with Crippen LogP contribution in [0.2, 0.25) is 0 Å². The molecule has 3 aromatic heterocycles. The summed E-state index contributed by atoms with van der Waals surface area (Å²) < 4.78 is 3.25. The standard InChI is InChI=1S/C31H36N8O2/c1-3-15-38-29(41)24-18-32-30(35-28(24)39(38)26-12-6-21-5-11-25(40)27(21)34-26)33-22-7-9-23(10-8-22)37-19-31(20-37)13-16-36(4-2)17-14-31/h3,6-10,12,18,25,40H,1,4-5,11,13-17,19-20H2,2H3,(H,32,33,35). The van der Waals surface area contributed by atoms with Crippen LogP contribution in [0, 0.1) is 5.41 Å². The van der Waals surface area contributed by atoms with Gasteiger partial charge in [0, 0.05) is 36.1 Å². The summed E-state index contributed by atoms with van der Waals surface area (Å²) in [7, 11) is 0. The van der Waals surface area contributed by atoms with E-state index >= 15 is 0 Å². The van der Waals surface area contributed by atoms with Crippen LogP contribution >= 0.6 is 0 Å². The Morgan fingerprint density at radius 1 is 1.12 bits per heavy atom. The number of pyridine rings is 1. The lowest BCUT2D eigenvalue weighted by molar-refractivity contribution is 0.0795. The van der Waals surface area contributed by atoms with Gasteiger partial charge in [-0.15, -0.1) is 6.58 Å². The Morgan fingerprint density at radius 2 is 1.90 bits per heavy atom. The molecule has 2 saturated heterocycles. The van der Waals surface area contributed by atoms with Gasteiger partial charge in [-0.05, 0) is 81.2 Å².